The topological polar surface area (TPSA) is 70.6 Å². The maximum Gasteiger partial charge on any atom is 0.140 e. The zero-order chi connectivity index (χ0) is 11.9. The predicted octanol–water partition coefficient (Wildman–Crippen LogP) is 1.93. The molecule has 0 aromatic heterocycles. The second-order valence-electron chi connectivity index (χ2n) is 5.17. The molecule has 0 radical (unpaired) electrons. The minimum absolute atomic E-state index is 0.296. The van der Waals surface area contributed by atoms with Crippen molar-refractivity contribution in [3.63, 3.8) is 0 Å². The van der Waals surface area contributed by atoms with Crippen molar-refractivity contribution in [3.8, 4) is 0 Å². The summed E-state index contributed by atoms with van der Waals surface area (Å²) in [6.07, 6.45) is 2.72. The zero-order valence-corrected chi connectivity index (χ0v) is 10.4. The number of nitrogens with zero attached hydrogens (tertiary/aromatic N) is 1. The van der Waals surface area contributed by atoms with Gasteiger partial charge in [-0.3, -0.25) is 0 Å². The Morgan fingerprint density at radius 3 is 2.47 bits per heavy atom. The smallest absolute Gasteiger partial charge is 0.140 e. The molecule has 1 unspecified atom stereocenters. The normalized spacial score (nSPS) is 15.3. The Kier molecular flexibility index (Phi) is 6.32. The first-order valence-corrected chi connectivity index (χ1v) is 5.59. The summed E-state index contributed by atoms with van der Waals surface area (Å²) < 4.78 is 0. The van der Waals surface area contributed by atoms with Crippen LogP contribution in [0.5, 0.6) is 0 Å². The molecule has 0 aromatic rings. The first-order valence-electron chi connectivity index (χ1n) is 5.59. The van der Waals surface area contributed by atoms with E-state index in [9.17, 15) is 0 Å². The van der Waals surface area contributed by atoms with Gasteiger partial charge in [0.25, 0.3) is 0 Å². The molecular weight excluding hydrogens is 190 g/mol. The SMILES string of the molecule is CCC(CC(N)=NO)NCCC(C)(C)C. The van der Waals surface area contributed by atoms with Crippen molar-refractivity contribution in [2.24, 2.45) is 16.3 Å². The van der Waals surface area contributed by atoms with Gasteiger partial charge >= 0.3 is 0 Å². The van der Waals surface area contributed by atoms with Gasteiger partial charge in [-0.25, -0.2) is 0 Å². The molecule has 4 heteroatoms. The van der Waals surface area contributed by atoms with E-state index in [2.05, 4.69) is 38.2 Å². The Morgan fingerprint density at radius 2 is 2.07 bits per heavy atom. The third-order valence-electron chi connectivity index (χ3n) is 2.38. The number of nitrogens with one attached hydrogen (secondary N) is 1. The molecule has 4 N–H and O–H groups in total. The molecule has 0 amide bonds. The molecule has 0 aliphatic heterocycles. The van der Waals surface area contributed by atoms with Crippen molar-refractivity contribution in [2.75, 3.05) is 6.54 Å². The zero-order valence-electron chi connectivity index (χ0n) is 10.4. The van der Waals surface area contributed by atoms with Crippen molar-refractivity contribution in [1.29, 1.82) is 0 Å². The highest BCUT2D eigenvalue weighted by Gasteiger charge is 2.12. The second-order valence-corrected chi connectivity index (χ2v) is 5.17. The lowest BCUT2D eigenvalue weighted by molar-refractivity contribution is 0.314. The van der Waals surface area contributed by atoms with Crippen molar-refractivity contribution in [1.82, 2.24) is 5.32 Å². The van der Waals surface area contributed by atoms with Crippen molar-refractivity contribution < 1.29 is 5.21 Å². The maximum atomic E-state index is 8.47. The second kappa shape index (κ2) is 6.67. The Morgan fingerprint density at radius 1 is 1.47 bits per heavy atom. The summed E-state index contributed by atoms with van der Waals surface area (Å²) in [6.45, 7) is 9.73. The molecule has 0 bridgehead atoms. The highest BCUT2D eigenvalue weighted by Crippen LogP contribution is 2.17. The third-order valence-corrected chi connectivity index (χ3v) is 2.38. The maximum absolute atomic E-state index is 8.47. The van der Waals surface area contributed by atoms with Gasteiger partial charge in [0.1, 0.15) is 5.84 Å². The minimum atomic E-state index is 0.296. The van der Waals surface area contributed by atoms with E-state index in [4.69, 9.17) is 10.9 Å². The summed E-state index contributed by atoms with van der Waals surface area (Å²) >= 11 is 0. The number of hydrogen-bond acceptors (Lipinski definition) is 3. The molecule has 0 heterocycles. The molecule has 0 saturated carbocycles. The van der Waals surface area contributed by atoms with Crippen LogP contribution in [0, 0.1) is 5.41 Å². The molecule has 0 aromatic carbocycles. The fourth-order valence-electron chi connectivity index (χ4n) is 1.31. The number of oxime groups is 1. The molecule has 0 aliphatic carbocycles. The Labute approximate surface area is 92.9 Å². The summed E-state index contributed by atoms with van der Waals surface area (Å²) in [5, 5.41) is 14.9. The van der Waals surface area contributed by atoms with E-state index in [1.165, 1.54) is 0 Å². The summed E-state index contributed by atoms with van der Waals surface area (Å²) in [5.41, 5.74) is 5.82. The lowest BCUT2D eigenvalue weighted by Crippen LogP contribution is -2.35. The monoisotopic (exact) mass is 215 g/mol. The van der Waals surface area contributed by atoms with Gasteiger partial charge in [-0.2, -0.15) is 0 Å². The quantitative estimate of drug-likeness (QED) is 0.274. The molecule has 0 spiro atoms. The van der Waals surface area contributed by atoms with Crippen LogP contribution in [-0.2, 0) is 0 Å². The van der Waals surface area contributed by atoms with E-state index in [1.54, 1.807) is 0 Å². The Hall–Kier alpha value is -0.770. The predicted molar refractivity (Wildman–Crippen MR) is 64.2 cm³/mol. The van der Waals surface area contributed by atoms with E-state index in [1.807, 2.05) is 0 Å². The van der Waals surface area contributed by atoms with Gasteiger partial charge in [0, 0.05) is 12.5 Å². The molecule has 0 saturated heterocycles. The summed E-state index contributed by atoms with van der Waals surface area (Å²) in [6, 6.07) is 0.309. The molecule has 0 aliphatic rings. The molecule has 90 valence electrons. The van der Waals surface area contributed by atoms with E-state index >= 15 is 0 Å². The van der Waals surface area contributed by atoms with Crippen LogP contribution in [-0.4, -0.2) is 23.6 Å². The third kappa shape index (κ3) is 8.24. The van der Waals surface area contributed by atoms with E-state index in [-0.39, 0.29) is 0 Å². The minimum Gasteiger partial charge on any atom is -0.409 e. The van der Waals surface area contributed by atoms with Crippen molar-refractivity contribution in [3.05, 3.63) is 0 Å². The van der Waals surface area contributed by atoms with Crippen LogP contribution in [0.3, 0.4) is 0 Å². The molecule has 0 rings (SSSR count). The number of rotatable bonds is 6. The fourth-order valence-corrected chi connectivity index (χ4v) is 1.31. The first kappa shape index (κ1) is 14.2. The van der Waals surface area contributed by atoms with Gasteiger partial charge in [-0.1, -0.05) is 32.9 Å². The summed E-state index contributed by atoms with van der Waals surface area (Å²) in [5.74, 6) is 0.296. The highest BCUT2D eigenvalue weighted by molar-refractivity contribution is 5.80. The van der Waals surface area contributed by atoms with Crippen LogP contribution in [0.15, 0.2) is 5.16 Å². The van der Waals surface area contributed by atoms with Gasteiger partial charge in [-0.05, 0) is 24.8 Å². The molecule has 4 nitrogen and oxygen atoms in total. The van der Waals surface area contributed by atoms with Gasteiger partial charge in [0.05, 0.1) is 0 Å². The molecule has 0 fully saturated rings. The van der Waals surface area contributed by atoms with Crippen LogP contribution in [0.25, 0.3) is 0 Å². The summed E-state index contributed by atoms with van der Waals surface area (Å²) in [7, 11) is 0. The van der Waals surface area contributed by atoms with E-state index in [0.29, 0.717) is 23.7 Å². The molecule has 15 heavy (non-hydrogen) atoms. The standard InChI is InChI=1S/C11H25N3O/c1-5-9(8-10(12)14-15)13-7-6-11(2,3)4/h9,13,15H,5-8H2,1-4H3,(H2,12,14). The average Bonchev–Trinajstić information content (AvgIpc) is 2.14. The van der Waals surface area contributed by atoms with E-state index < -0.39 is 0 Å². The number of nitrogens with two attached hydrogens (primary N) is 1. The fraction of sp³-hybridized carbons (Fsp3) is 0.909. The largest absolute Gasteiger partial charge is 0.409 e. The van der Waals surface area contributed by atoms with Gasteiger partial charge in [-0.15, -0.1) is 0 Å². The van der Waals surface area contributed by atoms with Gasteiger partial charge in [0.15, 0.2) is 0 Å². The van der Waals surface area contributed by atoms with Crippen LogP contribution >= 0.6 is 0 Å². The van der Waals surface area contributed by atoms with Crippen molar-refractivity contribution >= 4 is 5.84 Å². The number of hydrogen-bond donors (Lipinski definition) is 3. The molecule has 1 atom stereocenters. The lowest BCUT2D eigenvalue weighted by atomic mass is 9.92. The van der Waals surface area contributed by atoms with E-state index in [0.717, 1.165) is 19.4 Å². The van der Waals surface area contributed by atoms with Gasteiger partial charge < -0.3 is 16.3 Å². The summed E-state index contributed by atoms with van der Waals surface area (Å²) in [4.78, 5) is 0. The molecular formula is C11H25N3O. The average molecular weight is 215 g/mol. The Balaban J connectivity index is 3.81. The lowest BCUT2D eigenvalue weighted by Gasteiger charge is -2.21. The first-order chi connectivity index (χ1) is 6.89. The van der Waals surface area contributed by atoms with Crippen LogP contribution in [0.4, 0.5) is 0 Å². The Bertz CT molecular complexity index is 196. The van der Waals surface area contributed by atoms with Crippen LogP contribution in [0.1, 0.15) is 47.0 Å². The van der Waals surface area contributed by atoms with Gasteiger partial charge in [0.2, 0.25) is 0 Å². The highest BCUT2D eigenvalue weighted by atomic mass is 16.4. The van der Waals surface area contributed by atoms with Crippen molar-refractivity contribution in [2.45, 2.75) is 53.0 Å². The number of amidine groups is 1. The van der Waals surface area contributed by atoms with Crippen LogP contribution < -0.4 is 11.1 Å². The van der Waals surface area contributed by atoms with Crippen LogP contribution in [0.2, 0.25) is 0 Å².